The van der Waals surface area contributed by atoms with Crippen molar-refractivity contribution in [2.45, 2.75) is 11.8 Å². The van der Waals surface area contributed by atoms with E-state index in [4.69, 9.17) is 23.2 Å². The number of alkyl halides is 2. The summed E-state index contributed by atoms with van der Waals surface area (Å²) in [4.78, 5) is 0. The molecule has 0 spiro atoms. The van der Waals surface area contributed by atoms with E-state index in [0.717, 1.165) is 27.1 Å². The maximum absolute atomic E-state index is 6.36. The number of rotatable bonds is 5. The van der Waals surface area contributed by atoms with Crippen LogP contribution >= 0.6 is 71.0 Å². The molecule has 0 aliphatic heterocycles. The Morgan fingerprint density at radius 1 is 0.905 bits per heavy atom. The fourth-order valence-corrected chi connectivity index (χ4v) is 4.86. The summed E-state index contributed by atoms with van der Waals surface area (Å²) in [5.41, 5.74) is 2.25. The quantitative estimate of drug-likeness (QED) is 0.375. The van der Waals surface area contributed by atoms with Crippen LogP contribution in [0, 0.1) is 0 Å². The van der Waals surface area contributed by atoms with Gasteiger partial charge in [0.25, 0.3) is 0 Å². The summed E-state index contributed by atoms with van der Waals surface area (Å²) in [6.45, 7) is 0. The zero-order valence-electron chi connectivity index (χ0n) is 11.1. The van der Waals surface area contributed by atoms with Gasteiger partial charge in [0.15, 0.2) is 0 Å². The minimum atomic E-state index is -0.0744. The maximum atomic E-state index is 6.36. The van der Waals surface area contributed by atoms with Gasteiger partial charge in [-0.2, -0.15) is 0 Å². The first-order chi connectivity index (χ1) is 10.0. The molecule has 0 bridgehead atoms. The zero-order chi connectivity index (χ0) is 15.5. The highest BCUT2D eigenvalue weighted by molar-refractivity contribution is 9.10. The first kappa shape index (κ1) is 17.8. The molecular formula is C16H13Br3Cl2. The average molecular weight is 516 g/mol. The Morgan fingerprint density at radius 3 is 2.10 bits per heavy atom. The predicted molar refractivity (Wildman–Crippen MR) is 104 cm³/mol. The van der Waals surface area contributed by atoms with Gasteiger partial charge in [-0.1, -0.05) is 95.3 Å². The second-order valence-corrected chi connectivity index (χ2v) is 7.77. The molecule has 21 heavy (non-hydrogen) atoms. The lowest BCUT2D eigenvalue weighted by atomic mass is 9.79. The van der Waals surface area contributed by atoms with Crippen LogP contribution in [-0.2, 0) is 11.8 Å². The van der Waals surface area contributed by atoms with E-state index < -0.39 is 0 Å². The smallest absolute Gasteiger partial charge is 0.0624 e. The second-order valence-electron chi connectivity index (χ2n) is 4.94. The molecule has 0 saturated carbocycles. The van der Waals surface area contributed by atoms with Gasteiger partial charge in [-0.3, -0.25) is 0 Å². The van der Waals surface area contributed by atoms with E-state index in [9.17, 15) is 0 Å². The highest BCUT2D eigenvalue weighted by atomic mass is 79.9. The molecule has 0 saturated heterocycles. The monoisotopic (exact) mass is 512 g/mol. The van der Waals surface area contributed by atoms with Crippen LogP contribution in [0.4, 0.5) is 0 Å². The van der Waals surface area contributed by atoms with Crippen molar-refractivity contribution in [1.82, 2.24) is 0 Å². The van der Waals surface area contributed by atoms with E-state index in [1.165, 1.54) is 5.56 Å². The van der Waals surface area contributed by atoms with Crippen molar-refractivity contribution in [3.63, 3.8) is 0 Å². The number of hydrogen-bond donors (Lipinski definition) is 0. The van der Waals surface area contributed by atoms with Crippen LogP contribution in [0.25, 0.3) is 0 Å². The van der Waals surface area contributed by atoms with Gasteiger partial charge in [0.2, 0.25) is 0 Å². The Morgan fingerprint density at radius 2 is 1.52 bits per heavy atom. The molecule has 2 rings (SSSR count). The molecule has 112 valence electrons. The molecule has 0 nitrogen and oxygen atoms in total. The molecule has 0 aromatic heterocycles. The van der Waals surface area contributed by atoms with E-state index in [1.54, 1.807) is 0 Å². The largest absolute Gasteiger partial charge is 0.0918 e. The summed E-state index contributed by atoms with van der Waals surface area (Å²) in [6, 6.07) is 14.2. The molecule has 0 radical (unpaired) electrons. The summed E-state index contributed by atoms with van der Waals surface area (Å²) in [7, 11) is 0. The minimum Gasteiger partial charge on any atom is -0.0918 e. The standard InChI is InChI=1S/C16H13Br3Cl2/c17-9-16(10-18,12-4-6-13(19)7-5-12)8-11-2-1-3-14(20)15(11)21/h1-7H,8-10H2. The molecular weight excluding hydrogens is 503 g/mol. The van der Waals surface area contributed by atoms with Crippen LogP contribution in [0.1, 0.15) is 11.1 Å². The lowest BCUT2D eigenvalue weighted by Gasteiger charge is -2.31. The lowest BCUT2D eigenvalue weighted by Crippen LogP contribution is -2.33. The zero-order valence-corrected chi connectivity index (χ0v) is 17.3. The SMILES string of the molecule is Clc1cccc(CC(CBr)(CBr)c2ccc(Br)cc2)c1Cl. The summed E-state index contributed by atoms with van der Waals surface area (Å²) in [5, 5.41) is 2.90. The van der Waals surface area contributed by atoms with Crippen LogP contribution in [0.5, 0.6) is 0 Å². The van der Waals surface area contributed by atoms with Crippen molar-refractivity contribution < 1.29 is 0 Å². The Kier molecular flexibility index (Phi) is 6.64. The van der Waals surface area contributed by atoms with E-state index in [2.05, 4.69) is 72.1 Å². The van der Waals surface area contributed by atoms with E-state index in [1.807, 2.05) is 18.2 Å². The topological polar surface area (TPSA) is 0 Å². The number of benzene rings is 2. The van der Waals surface area contributed by atoms with Crippen LogP contribution in [0.3, 0.4) is 0 Å². The molecule has 0 aliphatic carbocycles. The molecule has 0 unspecified atom stereocenters. The normalized spacial score (nSPS) is 11.7. The van der Waals surface area contributed by atoms with Crippen LogP contribution in [0.2, 0.25) is 10.0 Å². The predicted octanol–water partition coefficient (Wildman–Crippen LogP) is 7.03. The van der Waals surface area contributed by atoms with E-state index >= 15 is 0 Å². The van der Waals surface area contributed by atoms with Crippen LogP contribution in [0.15, 0.2) is 46.9 Å². The van der Waals surface area contributed by atoms with Crippen molar-refractivity contribution in [2.75, 3.05) is 10.7 Å². The summed E-state index contributed by atoms with van der Waals surface area (Å²) in [6.07, 6.45) is 0.810. The molecule has 2 aromatic rings. The first-order valence-corrected chi connectivity index (χ1v) is 10.1. The van der Waals surface area contributed by atoms with Crippen molar-refractivity contribution in [2.24, 2.45) is 0 Å². The lowest BCUT2D eigenvalue weighted by molar-refractivity contribution is 0.551. The van der Waals surface area contributed by atoms with Crippen LogP contribution < -0.4 is 0 Å². The molecule has 0 fully saturated rings. The molecule has 0 N–H and O–H groups in total. The van der Waals surface area contributed by atoms with Gasteiger partial charge >= 0.3 is 0 Å². The third-order valence-electron chi connectivity index (χ3n) is 3.53. The summed E-state index contributed by atoms with van der Waals surface area (Å²) in [5.74, 6) is 0. The molecule has 0 aliphatic rings. The van der Waals surface area contributed by atoms with Gasteiger partial charge in [-0.25, -0.2) is 0 Å². The van der Waals surface area contributed by atoms with Crippen molar-refractivity contribution in [3.05, 3.63) is 68.1 Å². The Bertz CT molecular complexity index is 607. The molecule has 0 amide bonds. The highest BCUT2D eigenvalue weighted by Gasteiger charge is 2.31. The number of halogens is 5. The van der Waals surface area contributed by atoms with Crippen LogP contribution in [-0.4, -0.2) is 10.7 Å². The molecule has 0 atom stereocenters. The summed E-state index contributed by atoms with van der Waals surface area (Å²) >= 11 is 23.3. The van der Waals surface area contributed by atoms with Gasteiger partial charge < -0.3 is 0 Å². The van der Waals surface area contributed by atoms with Crippen molar-refractivity contribution in [1.29, 1.82) is 0 Å². The minimum absolute atomic E-state index is 0.0744. The fraction of sp³-hybridized carbons (Fsp3) is 0.250. The highest BCUT2D eigenvalue weighted by Crippen LogP contribution is 2.37. The number of hydrogen-bond acceptors (Lipinski definition) is 0. The Hall–Kier alpha value is 0.460. The van der Waals surface area contributed by atoms with Gasteiger partial charge in [0.1, 0.15) is 0 Å². The first-order valence-electron chi connectivity index (χ1n) is 6.33. The van der Waals surface area contributed by atoms with Gasteiger partial charge in [0.05, 0.1) is 10.0 Å². The average Bonchev–Trinajstić information content (AvgIpc) is 2.50. The second kappa shape index (κ2) is 7.83. The van der Waals surface area contributed by atoms with Crippen molar-refractivity contribution in [3.8, 4) is 0 Å². The third kappa shape index (κ3) is 4.06. The third-order valence-corrected chi connectivity index (χ3v) is 7.06. The van der Waals surface area contributed by atoms with Gasteiger partial charge in [-0.05, 0) is 35.7 Å². The summed E-state index contributed by atoms with van der Waals surface area (Å²) < 4.78 is 1.07. The maximum Gasteiger partial charge on any atom is 0.0624 e. The Balaban J connectivity index is 2.43. The van der Waals surface area contributed by atoms with E-state index in [-0.39, 0.29) is 5.41 Å². The Labute approximate surface area is 160 Å². The molecule has 2 aromatic carbocycles. The van der Waals surface area contributed by atoms with Crippen molar-refractivity contribution >= 4 is 71.0 Å². The molecule has 0 heterocycles. The molecule has 5 heteroatoms. The van der Waals surface area contributed by atoms with E-state index in [0.29, 0.717) is 10.0 Å². The van der Waals surface area contributed by atoms with Gasteiger partial charge in [0, 0.05) is 20.5 Å². The van der Waals surface area contributed by atoms with Gasteiger partial charge in [-0.15, -0.1) is 0 Å². The fourth-order valence-electron chi connectivity index (χ4n) is 2.24.